The second-order valence-electron chi connectivity index (χ2n) is 5.98. The van der Waals surface area contributed by atoms with Crippen LogP contribution in [0.3, 0.4) is 0 Å². The van der Waals surface area contributed by atoms with Crippen LogP contribution < -0.4 is 15.5 Å². The quantitative estimate of drug-likeness (QED) is 0.736. The van der Waals surface area contributed by atoms with Crippen molar-refractivity contribution in [3.8, 4) is 5.75 Å². The number of nitrogens with one attached hydrogen (secondary N) is 2. The van der Waals surface area contributed by atoms with Gasteiger partial charge in [0.05, 0.1) is 16.4 Å². The maximum Gasteiger partial charge on any atom is 0.260 e. The van der Waals surface area contributed by atoms with E-state index in [1.807, 2.05) is 48.8 Å². The summed E-state index contributed by atoms with van der Waals surface area (Å²) in [6.07, 6.45) is 11.8. The summed E-state index contributed by atoms with van der Waals surface area (Å²) in [5, 5.41) is 16.1. The van der Waals surface area contributed by atoms with E-state index < -0.39 is 5.91 Å². The van der Waals surface area contributed by atoms with Gasteiger partial charge in [-0.05, 0) is 60.7 Å². The fraction of sp³-hybridized carbons (Fsp3) is 0. The molecule has 3 N–H and O–H groups in total. The lowest BCUT2D eigenvalue weighted by Gasteiger charge is -2.29. The van der Waals surface area contributed by atoms with Gasteiger partial charge in [-0.25, -0.2) is 0 Å². The summed E-state index contributed by atoms with van der Waals surface area (Å²) in [5.74, 6) is -0.613. The third-order valence-electron chi connectivity index (χ3n) is 4.24. The summed E-state index contributed by atoms with van der Waals surface area (Å²) in [5.41, 5.74) is 3.68. The van der Waals surface area contributed by atoms with E-state index in [1.54, 1.807) is 24.3 Å². The summed E-state index contributed by atoms with van der Waals surface area (Å²) >= 11 is 6.02. The van der Waals surface area contributed by atoms with Crippen LogP contribution in [0.4, 0.5) is 11.4 Å². The highest BCUT2D eigenvalue weighted by molar-refractivity contribution is 6.34. The number of halogens is 1. The lowest BCUT2D eigenvalue weighted by molar-refractivity contribution is 0.102. The zero-order valence-electron chi connectivity index (χ0n) is 14.2. The summed E-state index contributed by atoms with van der Waals surface area (Å²) in [6.45, 7) is 0. The fourth-order valence-electron chi connectivity index (χ4n) is 2.95. The Morgan fingerprint density at radius 3 is 2.67 bits per heavy atom. The summed E-state index contributed by atoms with van der Waals surface area (Å²) in [6, 6.07) is 12.0. The number of phenolic OH excluding ortho intramolecular Hbond substituents is 1. The molecule has 2 aliphatic rings. The summed E-state index contributed by atoms with van der Waals surface area (Å²) < 4.78 is 0. The molecule has 2 aromatic carbocycles. The van der Waals surface area contributed by atoms with Crippen molar-refractivity contribution in [2.75, 3.05) is 10.2 Å². The highest BCUT2D eigenvalue weighted by Crippen LogP contribution is 2.30. The van der Waals surface area contributed by atoms with Crippen LogP contribution in [0.5, 0.6) is 5.75 Å². The number of aromatic hydroxyl groups is 1. The van der Waals surface area contributed by atoms with Crippen LogP contribution in [0, 0.1) is 0 Å². The molecule has 0 unspecified atom stereocenters. The van der Waals surface area contributed by atoms with Gasteiger partial charge in [0.2, 0.25) is 0 Å². The molecule has 2 aliphatic heterocycles. The molecule has 0 fully saturated rings. The average molecular weight is 378 g/mol. The van der Waals surface area contributed by atoms with E-state index in [0.717, 1.165) is 17.1 Å². The predicted octanol–water partition coefficient (Wildman–Crippen LogP) is 4.52. The molecule has 0 atom stereocenters. The number of amides is 1. The van der Waals surface area contributed by atoms with Gasteiger partial charge in [0.25, 0.3) is 5.91 Å². The van der Waals surface area contributed by atoms with Crippen LogP contribution in [0.15, 0.2) is 90.6 Å². The van der Waals surface area contributed by atoms with Crippen LogP contribution in [0.25, 0.3) is 0 Å². The molecule has 0 aliphatic carbocycles. The van der Waals surface area contributed by atoms with Crippen LogP contribution in [-0.2, 0) is 0 Å². The Kier molecular flexibility index (Phi) is 4.44. The number of allylic oxidation sites excluding steroid dienone is 4. The number of carbonyl (C=O) groups is 1. The van der Waals surface area contributed by atoms with Crippen molar-refractivity contribution >= 4 is 28.9 Å². The monoisotopic (exact) mass is 377 g/mol. The van der Waals surface area contributed by atoms with Gasteiger partial charge in [-0.2, -0.15) is 0 Å². The molecule has 6 heteroatoms. The second-order valence-corrected chi connectivity index (χ2v) is 6.39. The van der Waals surface area contributed by atoms with E-state index in [1.165, 1.54) is 6.07 Å². The van der Waals surface area contributed by atoms with Crippen LogP contribution in [0.2, 0.25) is 5.02 Å². The zero-order chi connectivity index (χ0) is 18.8. The number of rotatable bonds is 3. The smallest absolute Gasteiger partial charge is 0.260 e. The Bertz CT molecular complexity index is 1000. The van der Waals surface area contributed by atoms with Gasteiger partial charge < -0.3 is 20.6 Å². The van der Waals surface area contributed by atoms with Crippen LogP contribution in [-0.4, -0.2) is 11.0 Å². The minimum Gasteiger partial charge on any atom is -0.507 e. The van der Waals surface area contributed by atoms with Gasteiger partial charge >= 0.3 is 0 Å². The van der Waals surface area contributed by atoms with Crippen molar-refractivity contribution in [2.45, 2.75) is 0 Å². The van der Waals surface area contributed by atoms with E-state index in [0.29, 0.717) is 5.69 Å². The van der Waals surface area contributed by atoms with Crippen molar-refractivity contribution in [3.05, 3.63) is 101 Å². The summed E-state index contributed by atoms with van der Waals surface area (Å²) in [4.78, 5) is 14.5. The third kappa shape index (κ3) is 3.32. The van der Waals surface area contributed by atoms with Gasteiger partial charge in [0, 0.05) is 23.8 Å². The molecule has 0 spiro atoms. The number of hydrogen-bond donors (Lipinski definition) is 3. The second kappa shape index (κ2) is 7.05. The lowest BCUT2D eigenvalue weighted by atomic mass is 10.1. The number of hydrogen-bond acceptors (Lipinski definition) is 4. The predicted molar refractivity (Wildman–Crippen MR) is 108 cm³/mol. The van der Waals surface area contributed by atoms with Crippen molar-refractivity contribution in [2.24, 2.45) is 0 Å². The highest BCUT2D eigenvalue weighted by Gasteiger charge is 2.18. The van der Waals surface area contributed by atoms with Gasteiger partial charge in [0.1, 0.15) is 11.3 Å². The molecule has 27 heavy (non-hydrogen) atoms. The molecule has 2 aromatic rings. The molecule has 134 valence electrons. The van der Waals surface area contributed by atoms with Gasteiger partial charge in [-0.15, -0.1) is 0 Å². The first-order chi connectivity index (χ1) is 13.1. The minimum absolute atomic E-state index is 0.0576. The first-order valence-corrected chi connectivity index (χ1v) is 8.71. The largest absolute Gasteiger partial charge is 0.507 e. The number of phenols is 1. The minimum atomic E-state index is -0.460. The first-order valence-electron chi connectivity index (χ1n) is 8.34. The Morgan fingerprint density at radius 2 is 1.89 bits per heavy atom. The van der Waals surface area contributed by atoms with Gasteiger partial charge in [0.15, 0.2) is 0 Å². The van der Waals surface area contributed by atoms with Crippen molar-refractivity contribution in [3.63, 3.8) is 0 Å². The standard InChI is InChI=1S/C21H16ClN3O2/c22-16-4-1-7-19(26)20(16)21(27)24-14-8-10-15(11-9-14)25-13-3-5-17-18(25)6-2-12-23-17/h1-13,23,26H,(H,24,27). The van der Waals surface area contributed by atoms with E-state index in [-0.39, 0.29) is 16.3 Å². The average Bonchev–Trinajstić information content (AvgIpc) is 2.68. The number of anilines is 2. The molecule has 0 bridgehead atoms. The third-order valence-corrected chi connectivity index (χ3v) is 4.56. The van der Waals surface area contributed by atoms with Crippen molar-refractivity contribution < 1.29 is 9.90 Å². The van der Waals surface area contributed by atoms with Gasteiger partial charge in [-0.1, -0.05) is 17.7 Å². The SMILES string of the molecule is O=C(Nc1ccc(N2C=CC=C3NC=CC=C32)cc1)c1c(O)cccc1Cl. The molecule has 0 saturated carbocycles. The molecule has 0 aromatic heterocycles. The fourth-order valence-corrected chi connectivity index (χ4v) is 3.21. The molecular weight excluding hydrogens is 362 g/mol. The molecule has 1 amide bonds. The topological polar surface area (TPSA) is 64.6 Å². The molecule has 0 radical (unpaired) electrons. The Morgan fingerprint density at radius 1 is 1.07 bits per heavy atom. The van der Waals surface area contributed by atoms with Gasteiger partial charge in [-0.3, -0.25) is 4.79 Å². The molecule has 5 nitrogen and oxygen atoms in total. The Balaban J connectivity index is 1.54. The number of dihydropyridines is 1. The molecule has 2 heterocycles. The van der Waals surface area contributed by atoms with Crippen molar-refractivity contribution in [1.29, 1.82) is 0 Å². The van der Waals surface area contributed by atoms with E-state index in [2.05, 4.69) is 15.5 Å². The maximum atomic E-state index is 12.4. The maximum absolute atomic E-state index is 12.4. The van der Waals surface area contributed by atoms with E-state index in [9.17, 15) is 9.90 Å². The van der Waals surface area contributed by atoms with E-state index in [4.69, 9.17) is 11.6 Å². The Labute approximate surface area is 161 Å². The first kappa shape index (κ1) is 17.0. The summed E-state index contributed by atoms with van der Waals surface area (Å²) in [7, 11) is 0. The van der Waals surface area contributed by atoms with E-state index >= 15 is 0 Å². The number of carbonyl (C=O) groups excluding carboxylic acids is 1. The van der Waals surface area contributed by atoms with Crippen LogP contribution in [0.1, 0.15) is 10.4 Å². The molecular formula is C21H16ClN3O2. The normalized spacial score (nSPS) is 14.8. The number of nitrogens with zero attached hydrogens (tertiary/aromatic N) is 1. The molecule has 0 saturated heterocycles. The Hall–Kier alpha value is -3.44. The van der Waals surface area contributed by atoms with Crippen LogP contribution >= 0.6 is 11.6 Å². The number of benzene rings is 2. The van der Waals surface area contributed by atoms with Crippen molar-refractivity contribution in [1.82, 2.24) is 5.32 Å². The zero-order valence-corrected chi connectivity index (χ0v) is 14.9. The number of fused-ring (bicyclic) bond motifs is 1. The lowest BCUT2D eigenvalue weighted by Crippen LogP contribution is -2.25. The molecule has 4 rings (SSSR count). The highest BCUT2D eigenvalue weighted by atomic mass is 35.5.